The first-order valence-electron chi connectivity index (χ1n) is 11.2. The Morgan fingerprint density at radius 3 is 2.45 bits per heavy atom. The molecule has 31 heavy (non-hydrogen) atoms. The van der Waals surface area contributed by atoms with Crippen LogP contribution in [-0.2, 0) is 6.54 Å². The van der Waals surface area contributed by atoms with Gasteiger partial charge >= 0.3 is 5.51 Å². The summed E-state index contributed by atoms with van der Waals surface area (Å²) < 4.78 is 37.9. The summed E-state index contributed by atoms with van der Waals surface area (Å²) in [7, 11) is 0. The largest absolute Gasteiger partial charge is 0.446 e. The Hall–Kier alpha value is -1.73. The molecule has 3 nitrogen and oxygen atoms in total. The van der Waals surface area contributed by atoms with E-state index in [9.17, 15) is 13.2 Å². The first kappa shape index (κ1) is 21.1. The zero-order valence-corrected chi connectivity index (χ0v) is 18.4. The van der Waals surface area contributed by atoms with E-state index in [-0.39, 0.29) is 22.2 Å². The van der Waals surface area contributed by atoms with E-state index in [1.165, 1.54) is 56.1 Å². The molecule has 2 saturated carbocycles. The van der Waals surface area contributed by atoms with E-state index in [1.54, 1.807) is 12.1 Å². The normalized spacial score (nSPS) is 21.7. The third-order valence-corrected chi connectivity index (χ3v) is 7.85. The van der Waals surface area contributed by atoms with E-state index in [0.29, 0.717) is 5.92 Å². The van der Waals surface area contributed by atoms with Gasteiger partial charge in [0.15, 0.2) is 0 Å². The number of alkyl halides is 3. The van der Waals surface area contributed by atoms with Crippen LogP contribution in [0.4, 0.5) is 18.9 Å². The molecule has 2 heterocycles. The van der Waals surface area contributed by atoms with Crippen LogP contribution in [0.2, 0.25) is 0 Å². The third-order valence-electron chi connectivity index (χ3n) is 7.11. The van der Waals surface area contributed by atoms with Gasteiger partial charge in [0.25, 0.3) is 0 Å². The summed E-state index contributed by atoms with van der Waals surface area (Å²) in [5.74, 6) is 0.630. The van der Waals surface area contributed by atoms with Crippen LogP contribution in [0.5, 0.6) is 0 Å². The number of nitrogens with zero attached hydrogens (tertiary/aromatic N) is 3. The lowest BCUT2D eigenvalue weighted by Crippen LogP contribution is -2.32. The summed E-state index contributed by atoms with van der Waals surface area (Å²) in [5.41, 5.74) is -0.212. The summed E-state index contributed by atoms with van der Waals surface area (Å²) in [4.78, 5) is 9.56. The van der Waals surface area contributed by atoms with Crippen LogP contribution in [0, 0.1) is 0 Å². The molecule has 3 fully saturated rings. The van der Waals surface area contributed by atoms with Crippen molar-refractivity contribution >= 4 is 17.4 Å². The van der Waals surface area contributed by atoms with Gasteiger partial charge in [0.05, 0.1) is 6.67 Å². The van der Waals surface area contributed by atoms with Crippen molar-refractivity contribution in [3.63, 3.8) is 0 Å². The van der Waals surface area contributed by atoms with Crippen molar-refractivity contribution in [3.05, 3.63) is 53.9 Å². The molecule has 3 aliphatic rings. The molecule has 166 valence electrons. The summed E-state index contributed by atoms with van der Waals surface area (Å²) in [6, 6.07) is 9.01. The van der Waals surface area contributed by atoms with Crippen molar-refractivity contribution in [1.82, 2.24) is 9.88 Å². The molecule has 1 saturated heterocycles. The third kappa shape index (κ3) is 4.72. The molecule has 1 aliphatic heterocycles. The number of anilines is 1. The van der Waals surface area contributed by atoms with Gasteiger partial charge in [-0.1, -0.05) is 19.3 Å². The molecule has 0 bridgehead atoms. The highest BCUT2D eigenvalue weighted by molar-refractivity contribution is 8.00. The van der Waals surface area contributed by atoms with Crippen LogP contribution in [-0.4, -0.2) is 34.1 Å². The van der Waals surface area contributed by atoms with Gasteiger partial charge in [-0.05, 0) is 84.8 Å². The maximum atomic E-state index is 12.6. The fraction of sp³-hybridized carbons (Fsp3) is 0.542. The van der Waals surface area contributed by atoms with Gasteiger partial charge in [-0.2, -0.15) is 13.2 Å². The highest BCUT2D eigenvalue weighted by Gasteiger charge is 2.53. The maximum absolute atomic E-state index is 12.6. The number of thioether (sulfide) groups is 1. The molecular formula is C24H28F3N3S. The van der Waals surface area contributed by atoms with Gasteiger partial charge in [-0.3, -0.25) is 9.88 Å². The van der Waals surface area contributed by atoms with Crippen molar-refractivity contribution in [2.75, 3.05) is 18.1 Å². The average Bonchev–Trinajstić information content (AvgIpc) is 3.45. The van der Waals surface area contributed by atoms with E-state index in [2.05, 4.69) is 27.0 Å². The van der Waals surface area contributed by atoms with E-state index in [4.69, 9.17) is 0 Å². The van der Waals surface area contributed by atoms with E-state index in [0.717, 1.165) is 25.4 Å². The standard InChI is InChI=1S/C24H28F3N3S/c25-24(26,27)31-21-8-6-20(7-9-21)29-16-23(11-12-23)30(17-29)15-19-10-13-28-14-22(19)18-4-2-1-3-5-18/h6-10,13-14,18H,1-5,11-12,15-17H2. The number of hydrogen-bond donors (Lipinski definition) is 0. The molecule has 1 aromatic heterocycles. The zero-order chi connectivity index (χ0) is 21.5. The van der Waals surface area contributed by atoms with Gasteiger partial charge in [-0.15, -0.1) is 0 Å². The first-order chi connectivity index (χ1) is 14.9. The fourth-order valence-electron chi connectivity index (χ4n) is 5.30. The minimum Gasteiger partial charge on any atom is -0.357 e. The van der Waals surface area contributed by atoms with Gasteiger partial charge in [-0.25, -0.2) is 0 Å². The average molecular weight is 448 g/mol. The summed E-state index contributed by atoms with van der Waals surface area (Å²) >= 11 is -0.0533. The lowest BCUT2D eigenvalue weighted by molar-refractivity contribution is -0.0328. The Morgan fingerprint density at radius 1 is 1.03 bits per heavy atom. The number of benzene rings is 1. The Morgan fingerprint density at radius 2 is 1.77 bits per heavy atom. The number of halogens is 3. The Bertz CT molecular complexity index is 905. The van der Waals surface area contributed by atoms with Crippen LogP contribution in [0.3, 0.4) is 0 Å². The number of hydrogen-bond acceptors (Lipinski definition) is 4. The lowest BCUT2D eigenvalue weighted by atomic mass is 9.83. The number of rotatable bonds is 5. The SMILES string of the molecule is FC(F)(F)Sc1ccc(N2CN(Cc3ccncc3C3CCCCC3)C3(CC3)C2)cc1. The van der Waals surface area contributed by atoms with Crippen LogP contribution in [0.1, 0.15) is 62.0 Å². The molecule has 0 atom stereocenters. The molecule has 5 rings (SSSR count). The summed E-state index contributed by atoms with van der Waals surface area (Å²) in [6.07, 6.45) is 12.9. The monoisotopic (exact) mass is 447 g/mol. The zero-order valence-electron chi connectivity index (χ0n) is 17.6. The minimum absolute atomic E-state index is 0.0533. The predicted octanol–water partition coefficient (Wildman–Crippen LogP) is 6.55. The lowest BCUT2D eigenvalue weighted by Gasteiger charge is -2.27. The molecule has 2 aromatic rings. The van der Waals surface area contributed by atoms with Gasteiger partial charge in [0, 0.05) is 41.6 Å². The predicted molar refractivity (Wildman–Crippen MR) is 118 cm³/mol. The molecule has 0 unspecified atom stereocenters. The molecule has 0 amide bonds. The molecular weight excluding hydrogens is 419 g/mol. The fourth-order valence-corrected chi connectivity index (χ4v) is 5.83. The van der Waals surface area contributed by atoms with Crippen LogP contribution < -0.4 is 4.90 Å². The highest BCUT2D eigenvalue weighted by atomic mass is 32.2. The van der Waals surface area contributed by atoms with Gasteiger partial charge in [0.2, 0.25) is 0 Å². The number of aromatic nitrogens is 1. The maximum Gasteiger partial charge on any atom is 0.446 e. The van der Waals surface area contributed by atoms with Gasteiger partial charge < -0.3 is 4.90 Å². The molecule has 1 spiro atoms. The second kappa shape index (κ2) is 8.32. The topological polar surface area (TPSA) is 19.4 Å². The van der Waals surface area contributed by atoms with Crippen molar-refractivity contribution in [3.8, 4) is 0 Å². The Balaban J connectivity index is 1.30. The summed E-state index contributed by atoms with van der Waals surface area (Å²) in [5, 5.41) is 0. The van der Waals surface area contributed by atoms with Crippen LogP contribution >= 0.6 is 11.8 Å². The molecule has 0 radical (unpaired) electrons. The molecule has 2 aliphatic carbocycles. The van der Waals surface area contributed by atoms with E-state index in [1.807, 2.05) is 18.3 Å². The Labute approximate surface area is 186 Å². The van der Waals surface area contributed by atoms with Gasteiger partial charge in [0.1, 0.15) is 0 Å². The minimum atomic E-state index is -4.25. The molecule has 1 aromatic carbocycles. The van der Waals surface area contributed by atoms with Crippen molar-refractivity contribution in [2.45, 2.75) is 73.4 Å². The number of pyridine rings is 1. The molecule has 7 heteroatoms. The van der Waals surface area contributed by atoms with Crippen molar-refractivity contribution < 1.29 is 13.2 Å². The van der Waals surface area contributed by atoms with Crippen molar-refractivity contribution in [1.29, 1.82) is 0 Å². The van der Waals surface area contributed by atoms with E-state index < -0.39 is 5.51 Å². The second-order valence-corrected chi connectivity index (χ2v) is 10.4. The van der Waals surface area contributed by atoms with Crippen LogP contribution in [0.25, 0.3) is 0 Å². The Kier molecular flexibility index (Phi) is 5.67. The summed E-state index contributed by atoms with van der Waals surface area (Å²) in [6.45, 7) is 2.69. The van der Waals surface area contributed by atoms with Crippen LogP contribution in [0.15, 0.2) is 47.6 Å². The smallest absolute Gasteiger partial charge is 0.357 e. The van der Waals surface area contributed by atoms with E-state index >= 15 is 0 Å². The van der Waals surface area contributed by atoms with Crippen molar-refractivity contribution in [2.24, 2.45) is 0 Å². The molecule has 0 N–H and O–H groups in total. The second-order valence-electron chi connectivity index (χ2n) is 9.21. The highest BCUT2D eigenvalue weighted by Crippen LogP contribution is 2.48. The quantitative estimate of drug-likeness (QED) is 0.484. The first-order valence-corrected chi connectivity index (χ1v) is 12.0.